The van der Waals surface area contributed by atoms with E-state index in [1.165, 1.54) is 6.07 Å². The second-order valence-electron chi connectivity index (χ2n) is 4.48. The Balaban J connectivity index is 2.01. The van der Waals surface area contributed by atoms with Gasteiger partial charge in [-0.25, -0.2) is 4.39 Å². The number of hydrogen-bond acceptors (Lipinski definition) is 2. The molecule has 0 aliphatic carbocycles. The van der Waals surface area contributed by atoms with Gasteiger partial charge in [0.05, 0.1) is 11.9 Å². The molecule has 2 aromatic carbocycles. The van der Waals surface area contributed by atoms with Gasteiger partial charge in [0, 0.05) is 11.8 Å². The molecule has 1 atom stereocenters. The van der Waals surface area contributed by atoms with E-state index in [-0.39, 0.29) is 18.1 Å². The van der Waals surface area contributed by atoms with Crippen molar-refractivity contribution in [3.8, 4) is 5.75 Å². The predicted molar refractivity (Wildman–Crippen MR) is 84.4 cm³/mol. The molecule has 0 aliphatic heterocycles. The number of amides is 1. The fourth-order valence-electron chi connectivity index (χ4n) is 1.87. The van der Waals surface area contributed by atoms with Gasteiger partial charge in [-0.1, -0.05) is 40.2 Å². The number of ether oxygens (including phenoxy) is 1. The summed E-state index contributed by atoms with van der Waals surface area (Å²) in [4.78, 5) is 11.6. The SMILES string of the molecule is COc1cccc(NC(=O)C(Br)Cc2ccccc2F)c1. The average molecular weight is 352 g/mol. The average Bonchev–Trinajstić information content (AvgIpc) is 2.49. The standard InChI is InChI=1S/C16H15BrFNO2/c1-21-13-7-4-6-12(10-13)19-16(20)14(17)9-11-5-2-3-8-15(11)18/h2-8,10,14H,9H2,1H3,(H,19,20). The smallest absolute Gasteiger partial charge is 0.238 e. The van der Waals surface area contributed by atoms with Crippen LogP contribution in [-0.4, -0.2) is 17.8 Å². The van der Waals surface area contributed by atoms with E-state index in [1.807, 2.05) is 0 Å². The molecule has 0 aliphatic rings. The van der Waals surface area contributed by atoms with Gasteiger partial charge in [0.1, 0.15) is 11.6 Å². The molecular formula is C16H15BrFNO2. The van der Waals surface area contributed by atoms with Crippen LogP contribution in [0.3, 0.4) is 0 Å². The molecular weight excluding hydrogens is 337 g/mol. The van der Waals surface area contributed by atoms with Gasteiger partial charge < -0.3 is 10.1 Å². The van der Waals surface area contributed by atoms with Crippen molar-refractivity contribution in [2.24, 2.45) is 0 Å². The quantitative estimate of drug-likeness (QED) is 0.832. The Hall–Kier alpha value is -1.88. The highest BCUT2D eigenvalue weighted by Crippen LogP contribution is 2.19. The van der Waals surface area contributed by atoms with Crippen molar-refractivity contribution in [2.45, 2.75) is 11.2 Å². The number of hydrogen-bond donors (Lipinski definition) is 1. The van der Waals surface area contributed by atoms with Crippen molar-refractivity contribution in [3.63, 3.8) is 0 Å². The van der Waals surface area contributed by atoms with Crippen LogP contribution in [0, 0.1) is 5.82 Å². The van der Waals surface area contributed by atoms with E-state index >= 15 is 0 Å². The fraction of sp³-hybridized carbons (Fsp3) is 0.188. The molecule has 0 saturated carbocycles. The van der Waals surface area contributed by atoms with E-state index < -0.39 is 4.83 Å². The van der Waals surface area contributed by atoms with Gasteiger partial charge in [0.2, 0.25) is 5.91 Å². The van der Waals surface area contributed by atoms with Crippen LogP contribution >= 0.6 is 15.9 Å². The third-order valence-electron chi connectivity index (χ3n) is 2.98. The number of rotatable bonds is 5. The molecule has 2 rings (SSSR count). The van der Waals surface area contributed by atoms with Crippen LogP contribution in [0.15, 0.2) is 48.5 Å². The monoisotopic (exact) mass is 351 g/mol. The molecule has 21 heavy (non-hydrogen) atoms. The van der Waals surface area contributed by atoms with E-state index in [4.69, 9.17) is 4.74 Å². The maximum atomic E-state index is 13.6. The van der Waals surface area contributed by atoms with Gasteiger partial charge in [0.15, 0.2) is 0 Å². The number of carbonyl (C=O) groups excluding carboxylic acids is 1. The molecule has 1 N–H and O–H groups in total. The number of alkyl halides is 1. The topological polar surface area (TPSA) is 38.3 Å². The normalized spacial score (nSPS) is 11.8. The van der Waals surface area contributed by atoms with Crippen molar-refractivity contribution in [2.75, 3.05) is 12.4 Å². The molecule has 2 aromatic rings. The Morgan fingerprint density at radius 3 is 2.76 bits per heavy atom. The molecule has 0 saturated heterocycles. The summed E-state index contributed by atoms with van der Waals surface area (Å²) in [6.07, 6.45) is 0.280. The Morgan fingerprint density at radius 1 is 1.29 bits per heavy atom. The van der Waals surface area contributed by atoms with Crippen molar-refractivity contribution < 1.29 is 13.9 Å². The molecule has 3 nitrogen and oxygen atoms in total. The Kier molecular flexibility index (Phi) is 5.33. The molecule has 0 radical (unpaired) electrons. The van der Waals surface area contributed by atoms with Crippen LogP contribution in [0.5, 0.6) is 5.75 Å². The zero-order chi connectivity index (χ0) is 15.2. The van der Waals surface area contributed by atoms with Crippen LogP contribution in [0.2, 0.25) is 0 Å². The maximum Gasteiger partial charge on any atom is 0.238 e. The van der Waals surface area contributed by atoms with Gasteiger partial charge in [-0.05, 0) is 30.2 Å². The molecule has 0 aromatic heterocycles. The Morgan fingerprint density at radius 2 is 2.05 bits per heavy atom. The minimum Gasteiger partial charge on any atom is -0.497 e. The van der Waals surface area contributed by atoms with Crippen molar-refractivity contribution in [1.29, 1.82) is 0 Å². The molecule has 0 spiro atoms. The van der Waals surface area contributed by atoms with Gasteiger partial charge in [-0.3, -0.25) is 4.79 Å². The lowest BCUT2D eigenvalue weighted by molar-refractivity contribution is -0.115. The molecule has 0 heterocycles. The number of benzene rings is 2. The first-order valence-corrected chi connectivity index (χ1v) is 7.34. The third-order valence-corrected chi connectivity index (χ3v) is 3.72. The summed E-state index contributed by atoms with van der Waals surface area (Å²) in [5.41, 5.74) is 1.14. The predicted octanol–water partition coefficient (Wildman–Crippen LogP) is 3.78. The lowest BCUT2D eigenvalue weighted by Gasteiger charge is -2.12. The lowest BCUT2D eigenvalue weighted by atomic mass is 10.1. The summed E-state index contributed by atoms with van der Waals surface area (Å²) >= 11 is 3.30. The molecule has 1 amide bonds. The third kappa shape index (κ3) is 4.29. The number of anilines is 1. The van der Waals surface area contributed by atoms with Gasteiger partial charge in [-0.2, -0.15) is 0 Å². The lowest BCUT2D eigenvalue weighted by Crippen LogP contribution is -2.25. The minimum absolute atomic E-state index is 0.230. The first-order chi connectivity index (χ1) is 10.1. The van der Waals surface area contributed by atoms with E-state index in [0.29, 0.717) is 17.0 Å². The highest BCUT2D eigenvalue weighted by Gasteiger charge is 2.17. The van der Waals surface area contributed by atoms with Gasteiger partial charge in [0.25, 0.3) is 0 Å². The van der Waals surface area contributed by atoms with E-state index in [1.54, 1.807) is 49.6 Å². The molecule has 110 valence electrons. The number of halogens is 2. The summed E-state index contributed by atoms with van der Waals surface area (Å²) in [5, 5.41) is 2.77. The van der Waals surface area contributed by atoms with Crippen LogP contribution < -0.4 is 10.1 Å². The van der Waals surface area contributed by atoms with Crippen LogP contribution in [-0.2, 0) is 11.2 Å². The molecule has 1 unspecified atom stereocenters. The summed E-state index contributed by atoms with van der Waals surface area (Å²) in [7, 11) is 1.56. The number of carbonyl (C=O) groups is 1. The molecule has 0 fully saturated rings. The summed E-state index contributed by atoms with van der Waals surface area (Å²) in [6, 6.07) is 13.5. The number of nitrogens with one attached hydrogen (secondary N) is 1. The highest BCUT2D eigenvalue weighted by molar-refractivity contribution is 9.10. The van der Waals surface area contributed by atoms with Crippen LogP contribution in [0.4, 0.5) is 10.1 Å². The van der Waals surface area contributed by atoms with Crippen molar-refractivity contribution in [1.82, 2.24) is 0 Å². The van der Waals surface area contributed by atoms with Crippen LogP contribution in [0.1, 0.15) is 5.56 Å². The fourth-order valence-corrected chi connectivity index (χ4v) is 2.33. The van der Waals surface area contributed by atoms with Crippen molar-refractivity contribution >= 4 is 27.5 Å². The zero-order valence-electron chi connectivity index (χ0n) is 11.5. The molecule has 5 heteroatoms. The number of methoxy groups -OCH3 is 1. The second kappa shape index (κ2) is 7.22. The highest BCUT2D eigenvalue weighted by atomic mass is 79.9. The second-order valence-corrected chi connectivity index (χ2v) is 5.59. The summed E-state index contributed by atoms with van der Waals surface area (Å²) in [5.74, 6) is 0.121. The Bertz CT molecular complexity index is 633. The maximum absolute atomic E-state index is 13.6. The first kappa shape index (κ1) is 15.5. The Labute approximate surface area is 131 Å². The van der Waals surface area contributed by atoms with E-state index in [9.17, 15) is 9.18 Å². The van der Waals surface area contributed by atoms with Crippen LogP contribution in [0.25, 0.3) is 0 Å². The minimum atomic E-state index is -0.513. The summed E-state index contributed by atoms with van der Waals surface area (Å²) in [6.45, 7) is 0. The first-order valence-electron chi connectivity index (χ1n) is 6.42. The molecule has 0 bridgehead atoms. The van der Waals surface area contributed by atoms with E-state index in [0.717, 1.165) is 0 Å². The van der Waals surface area contributed by atoms with Gasteiger partial charge in [-0.15, -0.1) is 0 Å². The summed E-state index contributed by atoms with van der Waals surface area (Å²) < 4.78 is 18.7. The van der Waals surface area contributed by atoms with E-state index in [2.05, 4.69) is 21.2 Å². The largest absolute Gasteiger partial charge is 0.497 e. The zero-order valence-corrected chi connectivity index (χ0v) is 13.1. The van der Waals surface area contributed by atoms with Crippen molar-refractivity contribution in [3.05, 3.63) is 59.9 Å². The van der Waals surface area contributed by atoms with Gasteiger partial charge >= 0.3 is 0 Å².